The van der Waals surface area contributed by atoms with E-state index in [1.54, 1.807) is 0 Å². The van der Waals surface area contributed by atoms with Crippen LogP contribution in [0.15, 0.2) is 11.8 Å². The number of hydrogen-bond donors (Lipinski definition) is 3. The fourth-order valence-corrected chi connectivity index (χ4v) is 0.294. The second kappa shape index (κ2) is 2.70. The highest BCUT2D eigenvalue weighted by atomic mass is 16.4. The monoisotopic (exact) mass is 146 g/mol. The molecule has 0 bridgehead atoms. The lowest BCUT2D eigenvalue weighted by Gasteiger charge is -2.14. The van der Waals surface area contributed by atoms with E-state index in [-0.39, 0.29) is 0 Å². The van der Waals surface area contributed by atoms with Crippen molar-refractivity contribution < 1.29 is 20.1 Å². The average Bonchev–Trinajstić information content (AvgIpc) is 1.60. The van der Waals surface area contributed by atoms with E-state index in [9.17, 15) is 4.79 Å². The van der Waals surface area contributed by atoms with E-state index in [4.69, 9.17) is 15.3 Å². The van der Waals surface area contributed by atoms with E-state index in [0.29, 0.717) is 6.08 Å². The summed E-state index contributed by atoms with van der Waals surface area (Å²) in [4.78, 5) is 9.91. The molecule has 0 amide bonds. The minimum absolute atomic E-state index is 0.556. The first-order valence-corrected chi connectivity index (χ1v) is 2.70. The summed E-state index contributed by atoms with van der Waals surface area (Å²) >= 11 is 0. The van der Waals surface area contributed by atoms with Crippen LogP contribution in [0.4, 0.5) is 0 Å². The molecule has 0 rings (SSSR count). The zero-order valence-corrected chi connectivity index (χ0v) is 5.83. The van der Waals surface area contributed by atoms with Gasteiger partial charge in [0.25, 0.3) is 0 Å². The molecule has 0 radical (unpaired) electrons. The van der Waals surface area contributed by atoms with Crippen LogP contribution in [-0.2, 0) is 4.79 Å². The lowest BCUT2D eigenvalue weighted by molar-refractivity contribution is -0.131. The Morgan fingerprint density at radius 3 is 1.90 bits per heavy atom. The zero-order chi connectivity index (χ0) is 8.36. The molecule has 0 aliphatic carbocycles. The van der Waals surface area contributed by atoms with Crippen molar-refractivity contribution in [2.75, 3.05) is 0 Å². The van der Waals surface area contributed by atoms with E-state index in [1.807, 2.05) is 0 Å². The smallest absolute Gasteiger partial charge is 0.331 e. The number of aliphatic carboxylic acids is 1. The summed E-state index contributed by atoms with van der Waals surface area (Å²) in [6.07, 6.45) is 0.556. The summed E-state index contributed by atoms with van der Waals surface area (Å²) in [5, 5.41) is 25.8. The molecule has 0 spiro atoms. The SMILES string of the molecule is CC(C)(O)C(O)=CC(=O)O. The fraction of sp³-hybridized carbons (Fsp3) is 0.500. The highest BCUT2D eigenvalue weighted by Gasteiger charge is 2.18. The molecular formula is C6H10O4. The lowest BCUT2D eigenvalue weighted by Crippen LogP contribution is -2.22. The number of aliphatic hydroxyl groups is 2. The first kappa shape index (κ1) is 8.97. The van der Waals surface area contributed by atoms with Crippen LogP contribution in [-0.4, -0.2) is 26.9 Å². The van der Waals surface area contributed by atoms with Gasteiger partial charge in [-0.25, -0.2) is 4.79 Å². The Balaban J connectivity index is 4.35. The standard InChI is InChI=1S/C6H10O4/c1-6(2,10)4(7)3-5(8)9/h3,7,10H,1-2H3,(H,8,9). The van der Waals surface area contributed by atoms with E-state index < -0.39 is 17.3 Å². The van der Waals surface area contributed by atoms with Crippen molar-refractivity contribution in [2.24, 2.45) is 0 Å². The minimum atomic E-state index is -1.47. The highest BCUT2D eigenvalue weighted by Crippen LogP contribution is 2.10. The second-order valence-electron chi connectivity index (χ2n) is 2.43. The minimum Gasteiger partial charge on any atom is -0.509 e. The maximum atomic E-state index is 9.91. The quantitative estimate of drug-likeness (QED) is 0.386. The number of rotatable bonds is 2. The normalized spacial score (nSPS) is 13.3. The zero-order valence-electron chi connectivity index (χ0n) is 5.83. The molecule has 0 aliphatic rings. The third-order valence-corrected chi connectivity index (χ3v) is 0.887. The van der Waals surface area contributed by atoms with Gasteiger partial charge in [0, 0.05) is 0 Å². The van der Waals surface area contributed by atoms with Crippen molar-refractivity contribution in [3.63, 3.8) is 0 Å². The maximum Gasteiger partial charge on any atom is 0.331 e. The van der Waals surface area contributed by atoms with Gasteiger partial charge in [-0.3, -0.25) is 0 Å². The number of aliphatic hydroxyl groups excluding tert-OH is 1. The third-order valence-electron chi connectivity index (χ3n) is 0.887. The molecular weight excluding hydrogens is 136 g/mol. The molecule has 3 N–H and O–H groups in total. The Hall–Kier alpha value is -1.03. The largest absolute Gasteiger partial charge is 0.509 e. The molecule has 0 aromatic rings. The van der Waals surface area contributed by atoms with Gasteiger partial charge in [-0.1, -0.05) is 0 Å². The van der Waals surface area contributed by atoms with Gasteiger partial charge in [0.15, 0.2) is 0 Å². The lowest BCUT2D eigenvalue weighted by atomic mass is 10.1. The van der Waals surface area contributed by atoms with Gasteiger partial charge in [-0.2, -0.15) is 0 Å². The summed E-state index contributed by atoms with van der Waals surface area (Å²) in [7, 11) is 0. The number of hydrogen-bond acceptors (Lipinski definition) is 3. The summed E-state index contributed by atoms with van der Waals surface area (Å²) in [5.74, 6) is -1.83. The van der Waals surface area contributed by atoms with Gasteiger partial charge >= 0.3 is 5.97 Å². The van der Waals surface area contributed by atoms with Crippen LogP contribution in [0, 0.1) is 0 Å². The maximum absolute atomic E-state index is 9.91. The molecule has 0 aromatic carbocycles. The molecule has 0 unspecified atom stereocenters. The molecule has 0 heterocycles. The molecule has 10 heavy (non-hydrogen) atoms. The molecule has 0 aliphatic heterocycles. The van der Waals surface area contributed by atoms with E-state index >= 15 is 0 Å². The van der Waals surface area contributed by atoms with Crippen LogP contribution in [0.25, 0.3) is 0 Å². The molecule has 58 valence electrons. The summed E-state index contributed by atoms with van der Waals surface area (Å²) in [6, 6.07) is 0. The van der Waals surface area contributed by atoms with Gasteiger partial charge in [0.2, 0.25) is 0 Å². The van der Waals surface area contributed by atoms with Gasteiger partial charge in [0.05, 0.1) is 6.08 Å². The Labute approximate surface area is 58.4 Å². The van der Waals surface area contributed by atoms with Crippen LogP contribution in [0.1, 0.15) is 13.8 Å². The van der Waals surface area contributed by atoms with Crippen LogP contribution < -0.4 is 0 Å². The number of carbonyl (C=O) groups is 1. The Morgan fingerprint density at radius 1 is 1.40 bits per heavy atom. The number of carboxylic acid groups (broad SMARTS) is 1. The van der Waals surface area contributed by atoms with Crippen LogP contribution in [0.5, 0.6) is 0 Å². The van der Waals surface area contributed by atoms with Crippen molar-refractivity contribution in [1.29, 1.82) is 0 Å². The highest BCUT2D eigenvalue weighted by molar-refractivity contribution is 5.80. The Kier molecular flexibility index (Phi) is 2.42. The second-order valence-corrected chi connectivity index (χ2v) is 2.43. The molecule has 0 saturated carbocycles. The van der Waals surface area contributed by atoms with Crippen molar-refractivity contribution in [1.82, 2.24) is 0 Å². The van der Waals surface area contributed by atoms with Gasteiger partial charge < -0.3 is 15.3 Å². The molecule has 4 nitrogen and oxygen atoms in total. The molecule has 0 fully saturated rings. The summed E-state index contributed by atoms with van der Waals surface area (Å²) in [6.45, 7) is 2.59. The van der Waals surface area contributed by atoms with Crippen molar-refractivity contribution in [3.05, 3.63) is 11.8 Å². The van der Waals surface area contributed by atoms with Crippen molar-refractivity contribution in [2.45, 2.75) is 19.4 Å². The van der Waals surface area contributed by atoms with Gasteiger partial charge in [0.1, 0.15) is 11.4 Å². The molecule has 4 heteroatoms. The van der Waals surface area contributed by atoms with Crippen molar-refractivity contribution in [3.8, 4) is 0 Å². The predicted octanol–water partition coefficient (Wildman–Crippen LogP) is 0.284. The predicted molar refractivity (Wildman–Crippen MR) is 34.6 cm³/mol. The van der Waals surface area contributed by atoms with Crippen molar-refractivity contribution >= 4 is 5.97 Å². The average molecular weight is 146 g/mol. The van der Waals surface area contributed by atoms with Gasteiger partial charge in [-0.15, -0.1) is 0 Å². The van der Waals surface area contributed by atoms with E-state index in [1.165, 1.54) is 13.8 Å². The number of carboxylic acids is 1. The molecule has 0 atom stereocenters. The topological polar surface area (TPSA) is 77.8 Å². The molecule has 0 saturated heterocycles. The first-order valence-electron chi connectivity index (χ1n) is 2.70. The Bertz CT molecular complexity index is 163. The summed E-state index contributed by atoms with van der Waals surface area (Å²) < 4.78 is 0. The van der Waals surface area contributed by atoms with E-state index in [0.717, 1.165) is 0 Å². The van der Waals surface area contributed by atoms with E-state index in [2.05, 4.69) is 0 Å². The Morgan fingerprint density at radius 2 is 1.80 bits per heavy atom. The van der Waals surface area contributed by atoms with Gasteiger partial charge in [-0.05, 0) is 13.8 Å². The fourth-order valence-electron chi connectivity index (χ4n) is 0.294. The third kappa shape index (κ3) is 3.09. The van der Waals surface area contributed by atoms with Crippen LogP contribution >= 0.6 is 0 Å². The summed E-state index contributed by atoms with van der Waals surface area (Å²) in [5.41, 5.74) is -1.47. The molecule has 0 aromatic heterocycles. The first-order chi connectivity index (χ1) is 4.34. The van der Waals surface area contributed by atoms with Crippen LogP contribution in [0.2, 0.25) is 0 Å². The van der Waals surface area contributed by atoms with Crippen LogP contribution in [0.3, 0.4) is 0 Å².